The number of alkyl halides is 3. The second kappa shape index (κ2) is 6.39. The summed E-state index contributed by atoms with van der Waals surface area (Å²) in [6.45, 7) is 4.86. The van der Waals surface area contributed by atoms with Crippen molar-refractivity contribution in [2.45, 2.75) is 13.1 Å². The van der Waals surface area contributed by atoms with E-state index in [9.17, 15) is 13.2 Å². The largest absolute Gasteiger partial charge is 0.450 e. The molecule has 84 valence electrons. The molecule has 0 rings (SSSR count). The quantitative estimate of drug-likeness (QED) is 0.483. The van der Waals surface area contributed by atoms with Crippen molar-refractivity contribution in [2.75, 3.05) is 0 Å². The van der Waals surface area contributed by atoms with Gasteiger partial charge in [0.15, 0.2) is 0 Å². The molecule has 0 saturated carbocycles. The van der Waals surface area contributed by atoms with Gasteiger partial charge in [-0.1, -0.05) is 22.5 Å². The minimum atomic E-state index is -4.57. The lowest BCUT2D eigenvalue weighted by Crippen LogP contribution is -2.34. The number of nitrogens with zero attached hydrogens (tertiary/aromatic N) is 2. The zero-order valence-electron chi connectivity index (χ0n) is 7.85. The van der Waals surface area contributed by atoms with Gasteiger partial charge in [-0.05, 0) is 18.0 Å². The number of amidine groups is 1. The summed E-state index contributed by atoms with van der Waals surface area (Å²) in [5.41, 5.74) is 2.14. The van der Waals surface area contributed by atoms with Gasteiger partial charge in [-0.15, -0.1) is 0 Å². The maximum absolute atomic E-state index is 12.3. The maximum Gasteiger partial charge on any atom is 0.450 e. The molecule has 1 N–H and O–H groups in total. The van der Waals surface area contributed by atoms with Gasteiger partial charge in [-0.3, -0.25) is 5.43 Å². The molecule has 3 nitrogen and oxygen atoms in total. The lowest BCUT2D eigenvalue weighted by atomic mass is 10.4. The van der Waals surface area contributed by atoms with Crippen LogP contribution in [0.2, 0.25) is 0 Å². The lowest BCUT2D eigenvalue weighted by molar-refractivity contribution is -0.0617. The van der Waals surface area contributed by atoms with Crippen LogP contribution >= 0.6 is 15.9 Å². The van der Waals surface area contributed by atoms with Crippen LogP contribution in [-0.2, 0) is 0 Å². The Balaban J connectivity index is 4.76. The molecule has 0 aromatic carbocycles. The number of nitrogens with one attached hydrogen (secondary N) is 1. The van der Waals surface area contributed by atoms with Crippen molar-refractivity contribution in [3.05, 3.63) is 23.8 Å². The highest BCUT2D eigenvalue weighted by atomic mass is 79.9. The van der Waals surface area contributed by atoms with Crippen molar-refractivity contribution in [2.24, 2.45) is 10.1 Å². The van der Waals surface area contributed by atoms with Crippen molar-refractivity contribution in [1.29, 1.82) is 0 Å². The molecule has 0 aliphatic heterocycles. The summed E-state index contributed by atoms with van der Waals surface area (Å²) >= 11 is 2.80. The number of rotatable bonds is 3. The molecule has 0 bridgehead atoms. The second-order valence-corrected chi connectivity index (χ2v) is 2.85. The van der Waals surface area contributed by atoms with Crippen LogP contribution in [0, 0.1) is 0 Å². The van der Waals surface area contributed by atoms with Crippen LogP contribution in [0.15, 0.2) is 33.9 Å². The van der Waals surface area contributed by atoms with Crippen LogP contribution in [0.5, 0.6) is 0 Å². The van der Waals surface area contributed by atoms with Gasteiger partial charge in [0, 0.05) is 6.20 Å². The van der Waals surface area contributed by atoms with Crippen LogP contribution in [0.3, 0.4) is 0 Å². The van der Waals surface area contributed by atoms with Gasteiger partial charge in [-0.2, -0.15) is 18.3 Å². The number of aliphatic imine (C=N–C) groups is 1. The first kappa shape index (κ1) is 13.9. The third-order valence-corrected chi connectivity index (χ3v) is 1.40. The SMILES string of the molecule is C=C/C(C)=N/NC(=N/C=C/Br)C(F)(F)F. The summed E-state index contributed by atoms with van der Waals surface area (Å²) in [5, 5.41) is 3.41. The summed E-state index contributed by atoms with van der Waals surface area (Å²) in [6, 6.07) is 0. The van der Waals surface area contributed by atoms with Crippen molar-refractivity contribution >= 4 is 27.5 Å². The zero-order chi connectivity index (χ0) is 11.9. The molecule has 0 fully saturated rings. The molecule has 0 aliphatic carbocycles. The van der Waals surface area contributed by atoms with E-state index in [2.05, 4.69) is 32.6 Å². The summed E-state index contributed by atoms with van der Waals surface area (Å²) in [5.74, 6) is -1.20. The third kappa shape index (κ3) is 6.05. The van der Waals surface area contributed by atoms with Crippen molar-refractivity contribution in [1.82, 2.24) is 5.43 Å². The standard InChI is InChI=1S/C8H9BrF3N3/c1-3-6(2)14-15-7(8(10,11)12)13-5-4-9/h3-5H,1H2,2H3,(H,13,15)/b5-4+,14-6+. The molecule has 0 aromatic rings. The first-order valence-corrected chi connectivity index (χ1v) is 4.66. The fourth-order valence-corrected chi connectivity index (χ4v) is 0.573. The highest BCUT2D eigenvalue weighted by Gasteiger charge is 2.35. The molecule has 0 aromatic heterocycles. The molecule has 0 radical (unpaired) electrons. The van der Waals surface area contributed by atoms with E-state index in [1.54, 1.807) is 0 Å². The van der Waals surface area contributed by atoms with Gasteiger partial charge in [0.1, 0.15) is 0 Å². The third-order valence-electron chi connectivity index (χ3n) is 1.16. The van der Waals surface area contributed by atoms with E-state index in [1.165, 1.54) is 18.0 Å². The number of hydrogen-bond acceptors (Lipinski definition) is 2. The van der Waals surface area contributed by atoms with E-state index in [0.717, 1.165) is 6.20 Å². The Hall–Kier alpha value is -1.11. The fraction of sp³-hybridized carbons (Fsp3) is 0.250. The Kier molecular flexibility index (Phi) is 5.92. The second-order valence-electron chi connectivity index (χ2n) is 2.32. The average molecular weight is 284 g/mol. The Bertz CT molecular complexity index is 305. The van der Waals surface area contributed by atoms with Crippen LogP contribution in [0.4, 0.5) is 13.2 Å². The van der Waals surface area contributed by atoms with E-state index in [-0.39, 0.29) is 0 Å². The topological polar surface area (TPSA) is 36.8 Å². The number of hydrazone groups is 1. The fourth-order valence-electron chi connectivity index (χ4n) is 0.455. The van der Waals surface area contributed by atoms with Gasteiger partial charge in [0.2, 0.25) is 5.84 Å². The van der Waals surface area contributed by atoms with Crippen LogP contribution < -0.4 is 5.43 Å². The molecule has 0 spiro atoms. The molecule has 0 saturated heterocycles. The molecular weight excluding hydrogens is 275 g/mol. The van der Waals surface area contributed by atoms with E-state index < -0.39 is 12.0 Å². The molecule has 0 amide bonds. The van der Waals surface area contributed by atoms with Crippen LogP contribution in [0.25, 0.3) is 0 Å². The number of hydrogen-bond donors (Lipinski definition) is 1. The average Bonchev–Trinajstić information content (AvgIpc) is 2.15. The smallest absolute Gasteiger partial charge is 0.257 e. The predicted octanol–water partition coefficient (Wildman–Crippen LogP) is 2.96. The molecule has 15 heavy (non-hydrogen) atoms. The summed E-state index contributed by atoms with van der Waals surface area (Å²) < 4.78 is 36.8. The van der Waals surface area contributed by atoms with E-state index in [4.69, 9.17) is 0 Å². The Labute approximate surface area is 93.6 Å². The van der Waals surface area contributed by atoms with E-state index in [0.29, 0.717) is 5.71 Å². The highest BCUT2D eigenvalue weighted by Crippen LogP contribution is 2.16. The monoisotopic (exact) mass is 283 g/mol. The normalized spacial score (nSPS) is 14.5. The Morgan fingerprint density at radius 2 is 2.07 bits per heavy atom. The van der Waals surface area contributed by atoms with Crippen molar-refractivity contribution in [3.63, 3.8) is 0 Å². The highest BCUT2D eigenvalue weighted by molar-refractivity contribution is 9.11. The zero-order valence-corrected chi connectivity index (χ0v) is 9.43. The van der Waals surface area contributed by atoms with Gasteiger partial charge in [0.05, 0.1) is 5.71 Å². The lowest BCUT2D eigenvalue weighted by Gasteiger charge is -2.08. The summed E-state index contributed by atoms with van der Waals surface area (Å²) in [4.78, 5) is 4.33. The Morgan fingerprint density at radius 3 is 2.47 bits per heavy atom. The first-order valence-electron chi connectivity index (χ1n) is 3.74. The van der Waals surface area contributed by atoms with Gasteiger partial charge >= 0.3 is 6.18 Å². The van der Waals surface area contributed by atoms with Crippen molar-refractivity contribution < 1.29 is 13.2 Å². The maximum atomic E-state index is 12.3. The van der Waals surface area contributed by atoms with Crippen molar-refractivity contribution in [3.8, 4) is 0 Å². The van der Waals surface area contributed by atoms with Gasteiger partial charge in [-0.25, -0.2) is 4.99 Å². The first-order chi connectivity index (χ1) is 6.91. The summed E-state index contributed by atoms with van der Waals surface area (Å²) in [7, 11) is 0. The summed E-state index contributed by atoms with van der Waals surface area (Å²) in [6.07, 6.45) is -2.30. The van der Waals surface area contributed by atoms with Crippen LogP contribution in [-0.4, -0.2) is 17.7 Å². The number of allylic oxidation sites excluding steroid dienone is 1. The van der Waals surface area contributed by atoms with Crippen LogP contribution in [0.1, 0.15) is 6.92 Å². The molecule has 0 atom stereocenters. The molecular formula is C8H9BrF3N3. The van der Waals surface area contributed by atoms with Gasteiger partial charge < -0.3 is 0 Å². The Morgan fingerprint density at radius 1 is 1.47 bits per heavy atom. The molecule has 7 heteroatoms. The van der Waals surface area contributed by atoms with E-state index in [1.807, 2.05) is 5.43 Å². The van der Waals surface area contributed by atoms with E-state index >= 15 is 0 Å². The minimum absolute atomic E-state index is 0.328. The van der Waals surface area contributed by atoms with Gasteiger partial charge in [0.25, 0.3) is 0 Å². The predicted molar refractivity (Wildman–Crippen MR) is 58.0 cm³/mol. The molecule has 0 unspecified atom stereocenters. The number of halogens is 4. The minimum Gasteiger partial charge on any atom is -0.257 e. The molecule has 0 heterocycles. The molecule has 0 aliphatic rings.